The molecule has 1 amide bonds. The molecule has 6 nitrogen and oxygen atoms in total. The number of ether oxygens (including phenoxy) is 2. The fourth-order valence-electron chi connectivity index (χ4n) is 6.73. The molecule has 3 aliphatic rings. The number of amides is 1. The highest BCUT2D eigenvalue weighted by molar-refractivity contribution is 9.10. The van der Waals surface area contributed by atoms with Crippen LogP contribution >= 0.6 is 15.9 Å². The molecule has 0 spiro atoms. The lowest BCUT2D eigenvalue weighted by atomic mass is 9.75. The monoisotopic (exact) mass is 558 g/mol. The second kappa shape index (κ2) is 9.38. The number of halogens is 1. The average molecular weight is 560 g/mol. The molecule has 1 saturated heterocycles. The first-order valence-corrected chi connectivity index (χ1v) is 14.3. The lowest BCUT2D eigenvalue weighted by Gasteiger charge is -2.37. The number of benzene rings is 1. The topological polar surface area (TPSA) is 60.8 Å². The largest absolute Gasteiger partial charge is 0.445 e. The van der Waals surface area contributed by atoms with Crippen molar-refractivity contribution in [2.45, 2.75) is 104 Å². The van der Waals surface area contributed by atoms with E-state index < -0.39 is 5.60 Å². The summed E-state index contributed by atoms with van der Waals surface area (Å²) in [6, 6.07) is 6.01. The normalized spacial score (nSPS) is 27.9. The third kappa shape index (κ3) is 4.57. The van der Waals surface area contributed by atoms with Crippen molar-refractivity contribution in [3.63, 3.8) is 0 Å². The van der Waals surface area contributed by atoms with Gasteiger partial charge in [-0.3, -0.25) is 4.90 Å². The van der Waals surface area contributed by atoms with E-state index in [9.17, 15) is 9.59 Å². The van der Waals surface area contributed by atoms with Gasteiger partial charge in [0.2, 0.25) is 0 Å². The quantitative estimate of drug-likeness (QED) is 0.376. The molecule has 36 heavy (non-hydrogen) atoms. The van der Waals surface area contributed by atoms with Gasteiger partial charge in [-0.05, 0) is 76.3 Å². The van der Waals surface area contributed by atoms with Gasteiger partial charge < -0.3 is 9.47 Å². The Kier molecular flexibility index (Phi) is 6.67. The molecule has 1 saturated carbocycles. The summed E-state index contributed by atoms with van der Waals surface area (Å²) in [5, 5.41) is 1.02. The van der Waals surface area contributed by atoms with Crippen LogP contribution in [-0.2, 0) is 15.9 Å². The third-order valence-electron chi connectivity index (χ3n) is 8.34. The standard InChI is InChI=1S/C29H39BrN2O4/c1-16(2)20-10-7-17(3)13-25(20)35-27(33)32-23-14-18(30)8-11-21(23)26-22-12-9-19(15-24(26)32)31(22)28(34)36-29(4,5)6/h8,11,14,16-17,19-20,22,25H,7,9-10,12-13,15H2,1-6H3/t17-,19?,20+,22?,25-/m1/s1. The first kappa shape index (κ1) is 25.6. The molecular formula is C29H39BrN2O4. The molecule has 2 unspecified atom stereocenters. The van der Waals surface area contributed by atoms with Crippen molar-refractivity contribution in [3.8, 4) is 0 Å². The molecule has 2 bridgehead atoms. The second-order valence-corrected chi connectivity index (χ2v) is 13.4. The fraction of sp³-hybridized carbons (Fsp3) is 0.655. The number of rotatable bonds is 2. The van der Waals surface area contributed by atoms with Crippen LogP contribution in [0, 0.1) is 17.8 Å². The van der Waals surface area contributed by atoms with E-state index in [1.54, 1.807) is 0 Å². The van der Waals surface area contributed by atoms with Crippen molar-refractivity contribution in [3.05, 3.63) is 33.9 Å². The number of nitrogens with zero attached hydrogens (tertiary/aromatic N) is 2. The Morgan fingerprint density at radius 3 is 2.53 bits per heavy atom. The van der Waals surface area contributed by atoms with Gasteiger partial charge in [0.05, 0.1) is 11.6 Å². The highest BCUT2D eigenvalue weighted by Crippen LogP contribution is 2.49. The lowest BCUT2D eigenvalue weighted by molar-refractivity contribution is 0.00630. The van der Waals surface area contributed by atoms with Gasteiger partial charge in [0.1, 0.15) is 11.7 Å². The summed E-state index contributed by atoms with van der Waals surface area (Å²) < 4.78 is 14.8. The highest BCUT2D eigenvalue weighted by atomic mass is 79.9. The van der Waals surface area contributed by atoms with Crippen molar-refractivity contribution in [1.82, 2.24) is 9.47 Å². The summed E-state index contributed by atoms with van der Waals surface area (Å²) in [5.74, 6) is 1.41. The molecule has 1 aliphatic carbocycles. The van der Waals surface area contributed by atoms with Crippen LogP contribution in [0.3, 0.4) is 0 Å². The maximum atomic E-state index is 13.9. The summed E-state index contributed by atoms with van der Waals surface area (Å²) in [5.41, 5.74) is 2.36. The zero-order chi connectivity index (χ0) is 25.9. The predicted molar refractivity (Wildman–Crippen MR) is 144 cm³/mol. The van der Waals surface area contributed by atoms with Crippen molar-refractivity contribution in [2.24, 2.45) is 17.8 Å². The number of hydrogen-bond acceptors (Lipinski definition) is 4. The summed E-state index contributed by atoms with van der Waals surface area (Å²) in [4.78, 5) is 29.0. The van der Waals surface area contributed by atoms with Crippen LogP contribution in [0.2, 0.25) is 0 Å². The summed E-state index contributed by atoms with van der Waals surface area (Å²) in [6.45, 7) is 12.4. The van der Waals surface area contributed by atoms with Gasteiger partial charge in [-0.1, -0.05) is 49.2 Å². The van der Waals surface area contributed by atoms with E-state index >= 15 is 0 Å². The minimum atomic E-state index is -0.552. The molecule has 1 aromatic carbocycles. The second-order valence-electron chi connectivity index (χ2n) is 12.4. The zero-order valence-electron chi connectivity index (χ0n) is 22.3. The lowest BCUT2D eigenvalue weighted by Crippen LogP contribution is -2.45. The summed E-state index contributed by atoms with van der Waals surface area (Å²) in [6.07, 6.45) is 4.99. The van der Waals surface area contributed by atoms with Crippen LogP contribution in [0.4, 0.5) is 9.59 Å². The van der Waals surface area contributed by atoms with Crippen molar-refractivity contribution in [2.75, 3.05) is 0 Å². The van der Waals surface area contributed by atoms with E-state index in [0.29, 0.717) is 24.2 Å². The van der Waals surface area contributed by atoms with E-state index in [1.165, 1.54) is 6.42 Å². The van der Waals surface area contributed by atoms with Crippen LogP contribution < -0.4 is 0 Å². The van der Waals surface area contributed by atoms with Crippen LogP contribution in [0.15, 0.2) is 22.7 Å². The Hall–Kier alpha value is -2.02. The van der Waals surface area contributed by atoms with E-state index in [4.69, 9.17) is 9.47 Å². The minimum absolute atomic E-state index is 0.0229. The smallest absolute Gasteiger partial charge is 0.419 e. The molecule has 2 aromatic rings. The molecule has 1 aromatic heterocycles. The van der Waals surface area contributed by atoms with Gasteiger partial charge in [0, 0.05) is 33.6 Å². The van der Waals surface area contributed by atoms with E-state index in [1.807, 2.05) is 42.4 Å². The first-order valence-electron chi connectivity index (χ1n) is 13.5. The minimum Gasteiger partial charge on any atom is -0.445 e. The Labute approximate surface area is 222 Å². The molecular weight excluding hydrogens is 520 g/mol. The Balaban J connectivity index is 1.54. The van der Waals surface area contributed by atoms with Crippen molar-refractivity contribution in [1.29, 1.82) is 0 Å². The third-order valence-corrected chi connectivity index (χ3v) is 8.83. The Morgan fingerprint density at radius 1 is 1.08 bits per heavy atom. The van der Waals surface area contributed by atoms with Gasteiger partial charge in [-0.2, -0.15) is 0 Å². The predicted octanol–water partition coefficient (Wildman–Crippen LogP) is 7.85. The van der Waals surface area contributed by atoms with Crippen LogP contribution in [0.5, 0.6) is 0 Å². The number of hydrogen-bond donors (Lipinski definition) is 0. The first-order chi connectivity index (χ1) is 16.9. The van der Waals surface area contributed by atoms with Gasteiger partial charge >= 0.3 is 12.2 Å². The maximum Gasteiger partial charge on any atom is 0.419 e. The van der Waals surface area contributed by atoms with Crippen LogP contribution in [-0.4, -0.2) is 39.4 Å². The zero-order valence-corrected chi connectivity index (χ0v) is 23.9. The van der Waals surface area contributed by atoms with E-state index in [-0.39, 0.29) is 30.4 Å². The molecule has 3 heterocycles. The molecule has 5 rings (SSSR count). The number of carbonyl (C=O) groups excluding carboxylic acids is 2. The van der Waals surface area contributed by atoms with Gasteiger partial charge in [0.25, 0.3) is 0 Å². The highest BCUT2D eigenvalue weighted by Gasteiger charge is 2.47. The van der Waals surface area contributed by atoms with Gasteiger partial charge in [-0.15, -0.1) is 0 Å². The number of aromatic nitrogens is 1. The average Bonchev–Trinajstić information content (AvgIpc) is 3.25. The maximum absolute atomic E-state index is 13.9. The van der Waals surface area contributed by atoms with Crippen LogP contribution in [0.1, 0.15) is 90.9 Å². The van der Waals surface area contributed by atoms with Crippen molar-refractivity contribution < 1.29 is 19.1 Å². The SMILES string of the molecule is CC(C)[C@@H]1CC[C@@H](C)C[C@H]1OC(=O)n1c2c(c3ccc(Br)cc31)C1CCC(C2)N1C(=O)OC(C)(C)C. The Morgan fingerprint density at radius 2 is 1.83 bits per heavy atom. The number of fused-ring (bicyclic) bond motifs is 6. The molecule has 0 N–H and O–H groups in total. The summed E-state index contributed by atoms with van der Waals surface area (Å²) >= 11 is 3.60. The van der Waals surface area contributed by atoms with Crippen LogP contribution in [0.25, 0.3) is 10.9 Å². The molecule has 196 valence electrons. The summed E-state index contributed by atoms with van der Waals surface area (Å²) in [7, 11) is 0. The van der Waals surface area contributed by atoms with Gasteiger partial charge in [0.15, 0.2) is 0 Å². The Bertz CT molecular complexity index is 1180. The van der Waals surface area contributed by atoms with E-state index in [0.717, 1.165) is 52.3 Å². The molecule has 2 aliphatic heterocycles. The van der Waals surface area contributed by atoms with Crippen molar-refractivity contribution >= 4 is 39.0 Å². The molecule has 2 fully saturated rings. The van der Waals surface area contributed by atoms with E-state index in [2.05, 4.69) is 42.8 Å². The fourth-order valence-corrected chi connectivity index (χ4v) is 7.08. The molecule has 0 radical (unpaired) electrons. The molecule has 5 atom stereocenters. The number of carbonyl (C=O) groups is 2. The van der Waals surface area contributed by atoms with Gasteiger partial charge in [-0.25, -0.2) is 14.2 Å². The molecule has 7 heteroatoms.